The molecular weight excluding hydrogens is 386 g/mol. The van der Waals surface area contributed by atoms with E-state index in [1.807, 2.05) is 60.4 Å². The van der Waals surface area contributed by atoms with Crippen molar-refractivity contribution in [2.24, 2.45) is 0 Å². The predicted molar refractivity (Wildman–Crippen MR) is 112 cm³/mol. The lowest BCUT2D eigenvalue weighted by Crippen LogP contribution is -2.27. The third kappa shape index (κ3) is 4.62. The molecule has 2 aromatic carbocycles. The Morgan fingerprint density at radius 3 is 2.62 bits per heavy atom. The van der Waals surface area contributed by atoms with Crippen molar-refractivity contribution in [2.45, 2.75) is 30.7 Å². The smallest absolute Gasteiger partial charge is 0.277 e. The number of aromatic nitrogens is 2. The number of hydrogen-bond donors (Lipinski definition) is 0. The molecule has 1 fully saturated rings. The molecule has 150 valence electrons. The summed E-state index contributed by atoms with van der Waals surface area (Å²) in [5.41, 5.74) is 2.63. The van der Waals surface area contributed by atoms with Gasteiger partial charge >= 0.3 is 0 Å². The molecule has 6 nitrogen and oxygen atoms in total. The van der Waals surface area contributed by atoms with Crippen LogP contribution in [0.1, 0.15) is 35.7 Å². The first-order chi connectivity index (χ1) is 14.2. The molecule has 7 heteroatoms. The van der Waals surface area contributed by atoms with Crippen LogP contribution in [0.3, 0.4) is 0 Å². The molecule has 29 heavy (non-hydrogen) atoms. The summed E-state index contributed by atoms with van der Waals surface area (Å²) in [5, 5.41) is 8.80. The number of nitrogens with zero attached hydrogens (tertiary/aromatic N) is 3. The van der Waals surface area contributed by atoms with E-state index in [0.29, 0.717) is 23.5 Å². The Bertz CT molecular complexity index is 965. The van der Waals surface area contributed by atoms with Crippen molar-refractivity contribution < 1.29 is 13.9 Å². The molecule has 1 aliphatic heterocycles. The molecule has 3 aromatic rings. The fraction of sp³-hybridized carbons (Fsp3) is 0.318. The number of carbonyl (C=O) groups is 1. The summed E-state index contributed by atoms with van der Waals surface area (Å²) < 4.78 is 11.4. The van der Waals surface area contributed by atoms with E-state index >= 15 is 0 Å². The molecule has 4 rings (SSSR count). The number of rotatable bonds is 7. The van der Waals surface area contributed by atoms with Crippen molar-refractivity contribution in [1.29, 1.82) is 0 Å². The highest BCUT2D eigenvalue weighted by molar-refractivity contribution is 7.98. The van der Waals surface area contributed by atoms with Gasteiger partial charge in [0, 0.05) is 24.4 Å². The summed E-state index contributed by atoms with van der Waals surface area (Å²) in [6.07, 6.45) is 2.20. The second-order valence-corrected chi connectivity index (χ2v) is 7.71. The first-order valence-electron chi connectivity index (χ1n) is 9.81. The van der Waals surface area contributed by atoms with Gasteiger partial charge in [0.25, 0.3) is 17.0 Å². The van der Waals surface area contributed by atoms with E-state index in [4.69, 9.17) is 9.15 Å². The number of likely N-dealkylation sites (tertiary alicyclic amines) is 1. The minimum absolute atomic E-state index is 0.121. The van der Waals surface area contributed by atoms with Gasteiger partial charge in [0.15, 0.2) is 0 Å². The van der Waals surface area contributed by atoms with Crippen LogP contribution in [0.4, 0.5) is 0 Å². The molecule has 0 bridgehead atoms. The Morgan fingerprint density at radius 1 is 1.10 bits per heavy atom. The average Bonchev–Trinajstić information content (AvgIpc) is 3.45. The molecule has 1 amide bonds. The first kappa shape index (κ1) is 19.5. The Kier molecular flexibility index (Phi) is 6.14. The summed E-state index contributed by atoms with van der Waals surface area (Å²) in [5.74, 6) is 1.99. The van der Waals surface area contributed by atoms with E-state index in [2.05, 4.69) is 10.2 Å². The third-order valence-corrected chi connectivity index (χ3v) is 5.67. The number of thioether (sulfide) groups is 1. The molecule has 2 heterocycles. The molecule has 0 atom stereocenters. The molecule has 0 N–H and O–H groups in total. The van der Waals surface area contributed by atoms with Crippen molar-refractivity contribution in [3.8, 4) is 17.2 Å². The maximum absolute atomic E-state index is 12.4. The molecule has 0 unspecified atom stereocenters. The monoisotopic (exact) mass is 409 g/mol. The lowest BCUT2D eigenvalue weighted by atomic mass is 10.1. The zero-order chi connectivity index (χ0) is 20.1. The highest BCUT2D eigenvalue weighted by atomic mass is 32.2. The van der Waals surface area contributed by atoms with Crippen LogP contribution < -0.4 is 4.74 Å². The van der Waals surface area contributed by atoms with Gasteiger partial charge in [-0.05, 0) is 49.6 Å². The lowest BCUT2D eigenvalue weighted by molar-refractivity contribution is 0.0793. The maximum atomic E-state index is 12.4. The number of hydrogen-bond acceptors (Lipinski definition) is 6. The van der Waals surface area contributed by atoms with Crippen LogP contribution in [0, 0.1) is 0 Å². The van der Waals surface area contributed by atoms with E-state index in [1.165, 1.54) is 11.8 Å². The second-order valence-electron chi connectivity index (χ2n) is 6.79. The van der Waals surface area contributed by atoms with E-state index in [-0.39, 0.29) is 5.91 Å². The van der Waals surface area contributed by atoms with Gasteiger partial charge in [-0.3, -0.25) is 4.79 Å². The fourth-order valence-electron chi connectivity index (χ4n) is 3.29. The highest BCUT2D eigenvalue weighted by Crippen LogP contribution is 2.31. The Balaban J connectivity index is 1.38. The van der Waals surface area contributed by atoms with Crippen LogP contribution in [-0.4, -0.2) is 40.7 Å². The van der Waals surface area contributed by atoms with Crippen molar-refractivity contribution in [3.63, 3.8) is 0 Å². The van der Waals surface area contributed by atoms with Gasteiger partial charge in [-0.2, -0.15) is 0 Å². The van der Waals surface area contributed by atoms with Gasteiger partial charge in [0.05, 0.1) is 12.2 Å². The largest absolute Gasteiger partial charge is 0.493 e. The molecule has 0 spiro atoms. The quantitative estimate of drug-likeness (QED) is 0.529. The highest BCUT2D eigenvalue weighted by Gasteiger charge is 2.19. The van der Waals surface area contributed by atoms with Gasteiger partial charge < -0.3 is 14.1 Å². The summed E-state index contributed by atoms with van der Waals surface area (Å²) in [6, 6.07) is 15.4. The molecule has 1 aliphatic rings. The third-order valence-electron chi connectivity index (χ3n) is 4.78. The summed E-state index contributed by atoms with van der Waals surface area (Å²) in [7, 11) is 0. The number of para-hydroxylation sites is 1. The molecule has 0 aliphatic carbocycles. The Morgan fingerprint density at radius 2 is 1.86 bits per heavy atom. The minimum atomic E-state index is 0.121. The molecule has 1 aromatic heterocycles. The van der Waals surface area contributed by atoms with Crippen molar-refractivity contribution in [2.75, 3.05) is 19.7 Å². The van der Waals surface area contributed by atoms with Gasteiger partial charge in [-0.25, -0.2) is 0 Å². The van der Waals surface area contributed by atoms with Gasteiger partial charge in [0.1, 0.15) is 5.75 Å². The zero-order valence-electron chi connectivity index (χ0n) is 16.3. The van der Waals surface area contributed by atoms with Crippen LogP contribution in [0.5, 0.6) is 5.75 Å². The van der Waals surface area contributed by atoms with Gasteiger partial charge in [-0.1, -0.05) is 36.0 Å². The average molecular weight is 410 g/mol. The molecule has 0 radical (unpaired) electrons. The number of benzene rings is 2. The maximum Gasteiger partial charge on any atom is 0.277 e. The van der Waals surface area contributed by atoms with Crippen LogP contribution in [0.15, 0.2) is 58.2 Å². The Hall–Kier alpha value is -2.80. The fourth-order valence-corrected chi connectivity index (χ4v) is 4.01. The van der Waals surface area contributed by atoms with Crippen molar-refractivity contribution in [3.05, 3.63) is 59.7 Å². The van der Waals surface area contributed by atoms with Gasteiger partial charge in [-0.15, -0.1) is 10.2 Å². The first-order valence-corrected chi connectivity index (χ1v) is 10.8. The topological polar surface area (TPSA) is 68.5 Å². The molecule has 1 saturated heterocycles. The van der Waals surface area contributed by atoms with Crippen LogP contribution >= 0.6 is 11.8 Å². The summed E-state index contributed by atoms with van der Waals surface area (Å²) in [6.45, 7) is 4.24. The van der Waals surface area contributed by atoms with Crippen LogP contribution in [0.25, 0.3) is 11.5 Å². The lowest BCUT2D eigenvalue weighted by Gasteiger charge is -2.15. The standard InChI is InChI=1S/C22H23N3O3S/c1-2-27-19-8-4-3-7-18(19)20-23-24-22(28-20)29-15-16-9-11-17(12-10-16)21(26)25-13-5-6-14-25/h3-4,7-12H,2,5-6,13-15H2,1H3. The summed E-state index contributed by atoms with van der Waals surface area (Å²) >= 11 is 1.47. The van der Waals surface area contributed by atoms with Crippen LogP contribution in [-0.2, 0) is 5.75 Å². The number of amides is 1. The van der Waals surface area contributed by atoms with E-state index in [9.17, 15) is 4.79 Å². The second kappa shape index (κ2) is 9.13. The van der Waals surface area contributed by atoms with Gasteiger partial charge in [0.2, 0.25) is 0 Å². The van der Waals surface area contributed by atoms with Crippen molar-refractivity contribution in [1.82, 2.24) is 15.1 Å². The summed E-state index contributed by atoms with van der Waals surface area (Å²) in [4.78, 5) is 14.3. The zero-order valence-corrected chi connectivity index (χ0v) is 17.2. The Labute approximate surface area is 174 Å². The molecular formula is C22H23N3O3S. The van der Waals surface area contributed by atoms with Crippen molar-refractivity contribution >= 4 is 17.7 Å². The predicted octanol–water partition coefficient (Wildman–Crippen LogP) is 4.66. The SMILES string of the molecule is CCOc1ccccc1-c1nnc(SCc2ccc(C(=O)N3CCCC3)cc2)o1. The normalized spacial score (nSPS) is 13.6. The van der Waals surface area contributed by atoms with E-state index < -0.39 is 0 Å². The number of ether oxygens (including phenoxy) is 1. The number of carbonyl (C=O) groups excluding carboxylic acids is 1. The van der Waals surface area contributed by atoms with Crippen LogP contribution in [0.2, 0.25) is 0 Å². The molecule has 0 saturated carbocycles. The van der Waals surface area contributed by atoms with E-state index in [1.54, 1.807) is 0 Å². The minimum Gasteiger partial charge on any atom is -0.493 e. The van der Waals surface area contributed by atoms with E-state index in [0.717, 1.165) is 48.4 Å².